The summed E-state index contributed by atoms with van der Waals surface area (Å²) in [6.45, 7) is 1.56. The Kier molecular flexibility index (Phi) is 3.44. The van der Waals surface area contributed by atoms with Crippen molar-refractivity contribution in [2.24, 2.45) is 7.05 Å². The van der Waals surface area contributed by atoms with E-state index in [-0.39, 0.29) is 0 Å². The Bertz CT molecular complexity index is 702. The molecule has 0 aliphatic carbocycles. The fourth-order valence-electron chi connectivity index (χ4n) is 2.67. The van der Waals surface area contributed by atoms with Crippen molar-refractivity contribution in [1.29, 1.82) is 5.26 Å². The first-order chi connectivity index (χ1) is 10.2. The molecule has 0 unspecified atom stereocenters. The summed E-state index contributed by atoms with van der Waals surface area (Å²) in [5, 5.41) is 13.5. The van der Waals surface area contributed by atoms with Crippen molar-refractivity contribution in [1.82, 2.24) is 19.7 Å². The molecule has 0 aromatic carbocycles. The van der Waals surface area contributed by atoms with Gasteiger partial charge in [-0.1, -0.05) is 0 Å². The van der Waals surface area contributed by atoms with Crippen molar-refractivity contribution < 1.29 is 4.74 Å². The highest BCUT2D eigenvalue weighted by Gasteiger charge is 2.22. The molecule has 7 heteroatoms. The Hall–Kier alpha value is -2.62. The standard InChI is InChI=1S/C14H16N6O/c1-19-12-8-20(13-6-14(21-2)17-9-16-13)5-3-4-10(12)11(7-15)18-19/h6,9H,3-5,8H2,1-2H3. The lowest BCUT2D eigenvalue weighted by Crippen LogP contribution is -2.25. The lowest BCUT2D eigenvalue weighted by molar-refractivity contribution is 0.396. The zero-order chi connectivity index (χ0) is 14.8. The number of hydrogen-bond acceptors (Lipinski definition) is 6. The van der Waals surface area contributed by atoms with E-state index in [9.17, 15) is 5.26 Å². The Morgan fingerprint density at radius 2 is 2.24 bits per heavy atom. The molecule has 108 valence electrons. The fraction of sp³-hybridized carbons (Fsp3) is 0.429. The zero-order valence-electron chi connectivity index (χ0n) is 12.1. The molecule has 7 nitrogen and oxygen atoms in total. The second-order valence-corrected chi connectivity index (χ2v) is 4.95. The minimum absolute atomic E-state index is 0.537. The van der Waals surface area contributed by atoms with Crippen LogP contribution in [0.1, 0.15) is 23.4 Å². The lowest BCUT2D eigenvalue weighted by Gasteiger charge is -2.21. The molecular formula is C14H16N6O. The first kappa shape index (κ1) is 13.4. The highest BCUT2D eigenvalue weighted by Crippen LogP contribution is 2.25. The molecule has 2 aromatic rings. The Morgan fingerprint density at radius 3 is 3.00 bits per heavy atom. The average Bonchev–Trinajstić information content (AvgIpc) is 2.70. The van der Waals surface area contributed by atoms with Crippen LogP contribution in [0.25, 0.3) is 0 Å². The number of ether oxygens (including phenoxy) is 1. The van der Waals surface area contributed by atoms with Crippen molar-refractivity contribution >= 4 is 5.82 Å². The second-order valence-electron chi connectivity index (χ2n) is 4.95. The van der Waals surface area contributed by atoms with Crippen LogP contribution >= 0.6 is 0 Å². The Morgan fingerprint density at radius 1 is 1.38 bits per heavy atom. The van der Waals surface area contributed by atoms with Gasteiger partial charge in [-0.05, 0) is 12.8 Å². The van der Waals surface area contributed by atoms with Gasteiger partial charge in [0.15, 0.2) is 5.69 Å². The Balaban J connectivity index is 1.95. The average molecular weight is 284 g/mol. The van der Waals surface area contributed by atoms with E-state index in [0.717, 1.165) is 36.5 Å². The van der Waals surface area contributed by atoms with E-state index in [1.807, 2.05) is 13.1 Å². The summed E-state index contributed by atoms with van der Waals surface area (Å²) in [5.41, 5.74) is 2.67. The minimum atomic E-state index is 0.537. The number of nitriles is 1. The van der Waals surface area contributed by atoms with Crippen molar-refractivity contribution in [2.45, 2.75) is 19.4 Å². The predicted molar refractivity (Wildman–Crippen MR) is 75.9 cm³/mol. The molecule has 0 saturated carbocycles. The van der Waals surface area contributed by atoms with E-state index in [0.29, 0.717) is 18.1 Å². The van der Waals surface area contributed by atoms with Gasteiger partial charge in [0, 0.05) is 25.2 Å². The zero-order valence-corrected chi connectivity index (χ0v) is 12.1. The van der Waals surface area contributed by atoms with Crippen LogP contribution in [0.2, 0.25) is 0 Å². The Labute approximate surface area is 122 Å². The molecule has 3 rings (SSSR count). The van der Waals surface area contributed by atoms with Gasteiger partial charge in [-0.3, -0.25) is 4.68 Å². The maximum atomic E-state index is 9.17. The lowest BCUT2D eigenvalue weighted by atomic mass is 10.1. The summed E-state index contributed by atoms with van der Waals surface area (Å²) < 4.78 is 6.95. The third kappa shape index (κ3) is 2.40. The number of fused-ring (bicyclic) bond motifs is 1. The normalized spacial score (nSPS) is 14.2. The summed E-state index contributed by atoms with van der Waals surface area (Å²) >= 11 is 0. The first-order valence-corrected chi connectivity index (χ1v) is 6.78. The molecule has 0 spiro atoms. The number of aryl methyl sites for hydroxylation is 1. The van der Waals surface area contributed by atoms with Crippen LogP contribution < -0.4 is 9.64 Å². The molecule has 1 aliphatic heterocycles. The van der Waals surface area contributed by atoms with Gasteiger partial charge in [0.25, 0.3) is 0 Å². The molecule has 0 bridgehead atoms. The molecule has 0 amide bonds. The number of hydrogen-bond donors (Lipinski definition) is 0. The van der Waals surface area contributed by atoms with Crippen LogP contribution in [0, 0.1) is 11.3 Å². The second kappa shape index (κ2) is 5.40. The van der Waals surface area contributed by atoms with Crippen LogP contribution in [0.3, 0.4) is 0 Å². The molecular weight excluding hydrogens is 268 g/mol. The quantitative estimate of drug-likeness (QED) is 0.820. The van der Waals surface area contributed by atoms with E-state index >= 15 is 0 Å². The SMILES string of the molecule is COc1cc(N2CCCc3c(C#N)nn(C)c3C2)ncn1. The van der Waals surface area contributed by atoms with Crippen molar-refractivity contribution in [3.8, 4) is 11.9 Å². The molecule has 21 heavy (non-hydrogen) atoms. The van der Waals surface area contributed by atoms with Crippen molar-refractivity contribution in [3.63, 3.8) is 0 Å². The largest absolute Gasteiger partial charge is 0.481 e. The monoisotopic (exact) mass is 284 g/mol. The van der Waals surface area contributed by atoms with Crippen molar-refractivity contribution in [2.75, 3.05) is 18.6 Å². The van der Waals surface area contributed by atoms with Crippen LogP contribution in [0.4, 0.5) is 5.82 Å². The fourth-order valence-corrected chi connectivity index (χ4v) is 2.67. The smallest absolute Gasteiger partial charge is 0.218 e. The van der Waals surface area contributed by atoms with Gasteiger partial charge in [0.2, 0.25) is 5.88 Å². The van der Waals surface area contributed by atoms with Crippen molar-refractivity contribution in [3.05, 3.63) is 29.3 Å². The third-order valence-electron chi connectivity index (χ3n) is 3.74. The maximum Gasteiger partial charge on any atom is 0.218 e. The van der Waals surface area contributed by atoms with Gasteiger partial charge in [-0.15, -0.1) is 0 Å². The van der Waals surface area contributed by atoms with E-state index < -0.39 is 0 Å². The van der Waals surface area contributed by atoms with Gasteiger partial charge in [-0.2, -0.15) is 10.4 Å². The van der Waals surface area contributed by atoms with Crippen LogP contribution in [-0.2, 0) is 20.0 Å². The number of anilines is 1. The maximum absolute atomic E-state index is 9.17. The van der Waals surface area contributed by atoms with Gasteiger partial charge >= 0.3 is 0 Å². The molecule has 0 saturated heterocycles. The molecule has 2 aromatic heterocycles. The number of nitrogens with zero attached hydrogens (tertiary/aromatic N) is 6. The molecule has 0 fully saturated rings. The predicted octanol–water partition coefficient (Wildman–Crippen LogP) is 1.04. The molecule has 1 aliphatic rings. The third-order valence-corrected chi connectivity index (χ3v) is 3.74. The summed E-state index contributed by atoms with van der Waals surface area (Å²) in [7, 11) is 3.47. The van der Waals surface area contributed by atoms with Gasteiger partial charge in [-0.25, -0.2) is 9.97 Å². The van der Waals surface area contributed by atoms with E-state index in [4.69, 9.17) is 4.74 Å². The van der Waals surface area contributed by atoms with Crippen LogP contribution in [-0.4, -0.2) is 33.4 Å². The molecule has 0 N–H and O–H groups in total. The summed E-state index contributed by atoms with van der Waals surface area (Å²) in [6, 6.07) is 4.01. The van der Waals surface area contributed by atoms with Crippen LogP contribution in [0.15, 0.2) is 12.4 Å². The number of aromatic nitrogens is 4. The molecule has 0 atom stereocenters. The topological polar surface area (TPSA) is 79.9 Å². The molecule has 0 radical (unpaired) electrons. The molecule has 3 heterocycles. The highest BCUT2D eigenvalue weighted by molar-refractivity contribution is 5.45. The van der Waals surface area contributed by atoms with E-state index in [2.05, 4.69) is 26.0 Å². The summed E-state index contributed by atoms with van der Waals surface area (Å²) in [4.78, 5) is 10.5. The highest BCUT2D eigenvalue weighted by atomic mass is 16.5. The van der Waals surface area contributed by atoms with Gasteiger partial charge in [0.1, 0.15) is 18.2 Å². The minimum Gasteiger partial charge on any atom is -0.481 e. The van der Waals surface area contributed by atoms with E-state index in [1.54, 1.807) is 11.8 Å². The first-order valence-electron chi connectivity index (χ1n) is 6.78. The van der Waals surface area contributed by atoms with Gasteiger partial charge in [0.05, 0.1) is 19.3 Å². The van der Waals surface area contributed by atoms with Gasteiger partial charge < -0.3 is 9.64 Å². The number of methoxy groups -OCH3 is 1. The summed E-state index contributed by atoms with van der Waals surface area (Å²) in [6.07, 6.45) is 3.33. The summed E-state index contributed by atoms with van der Waals surface area (Å²) in [5.74, 6) is 1.38. The van der Waals surface area contributed by atoms with Crippen LogP contribution in [0.5, 0.6) is 5.88 Å². The number of rotatable bonds is 2. The van der Waals surface area contributed by atoms with E-state index in [1.165, 1.54) is 6.33 Å².